The summed E-state index contributed by atoms with van der Waals surface area (Å²) in [6.07, 6.45) is 4.05. The average molecular weight is 327 g/mol. The molecule has 0 spiro atoms. The molecule has 0 bridgehead atoms. The molecule has 0 aromatic carbocycles. The highest BCUT2D eigenvalue weighted by molar-refractivity contribution is 7.80. The topological polar surface area (TPSA) is 55.1 Å². The van der Waals surface area contributed by atoms with E-state index in [1.165, 1.54) is 5.56 Å². The molecule has 1 atom stereocenters. The van der Waals surface area contributed by atoms with Crippen LogP contribution in [0.25, 0.3) is 0 Å². The van der Waals surface area contributed by atoms with Gasteiger partial charge in [0.25, 0.3) is 0 Å². The van der Waals surface area contributed by atoms with Crippen molar-refractivity contribution in [2.75, 3.05) is 0 Å². The van der Waals surface area contributed by atoms with Crippen molar-refractivity contribution in [3.63, 3.8) is 0 Å². The van der Waals surface area contributed by atoms with E-state index >= 15 is 0 Å². The van der Waals surface area contributed by atoms with Crippen LogP contribution in [-0.4, -0.2) is 16.9 Å². The van der Waals surface area contributed by atoms with Gasteiger partial charge in [-0.3, -0.25) is 4.79 Å². The fraction of sp³-hybridized carbons (Fsp3) is 0.625. The zero-order valence-corrected chi connectivity index (χ0v) is 14.8. The molecule has 1 aromatic heterocycles. The number of nitrogens with two attached hydrogens (primary N) is 1. The maximum atomic E-state index is 12.7. The number of thiocarbonyl (C=S) groups is 1. The summed E-state index contributed by atoms with van der Waals surface area (Å²) in [6.45, 7) is 6.15. The zero-order valence-electron chi connectivity index (χ0n) is 13.1. The van der Waals surface area contributed by atoms with Gasteiger partial charge in [0.15, 0.2) is 0 Å². The van der Waals surface area contributed by atoms with Crippen LogP contribution < -0.4 is 11.1 Å². The first-order chi connectivity index (χ1) is 9.96. The van der Waals surface area contributed by atoms with Crippen molar-refractivity contribution in [3.05, 3.63) is 22.4 Å². The lowest BCUT2D eigenvalue weighted by atomic mass is 9.78. The van der Waals surface area contributed by atoms with E-state index in [-0.39, 0.29) is 11.9 Å². The van der Waals surface area contributed by atoms with Crippen molar-refractivity contribution in [1.29, 1.82) is 0 Å². The lowest BCUT2D eigenvalue weighted by molar-refractivity contribution is -0.128. The number of carbonyl (C=O) groups excluding carboxylic acids is 1. The molecular weight excluding hydrogens is 300 g/mol. The third-order valence-corrected chi connectivity index (χ3v) is 4.88. The molecule has 0 aliphatic rings. The molecule has 0 radical (unpaired) electrons. The van der Waals surface area contributed by atoms with Crippen LogP contribution in [0.2, 0.25) is 0 Å². The highest BCUT2D eigenvalue weighted by atomic mass is 32.1. The highest BCUT2D eigenvalue weighted by Crippen LogP contribution is 2.31. The molecule has 1 rings (SSSR count). The highest BCUT2D eigenvalue weighted by Gasteiger charge is 2.40. The fourth-order valence-corrected chi connectivity index (χ4v) is 3.72. The molecule has 21 heavy (non-hydrogen) atoms. The van der Waals surface area contributed by atoms with Crippen LogP contribution in [0.4, 0.5) is 0 Å². The molecule has 118 valence electrons. The monoisotopic (exact) mass is 326 g/mol. The molecule has 1 amide bonds. The molecule has 0 aliphatic heterocycles. The van der Waals surface area contributed by atoms with Gasteiger partial charge < -0.3 is 11.1 Å². The van der Waals surface area contributed by atoms with Crippen LogP contribution >= 0.6 is 23.6 Å². The normalized spacial score (nSPS) is 12.9. The van der Waals surface area contributed by atoms with Crippen molar-refractivity contribution in [2.45, 2.75) is 58.9 Å². The van der Waals surface area contributed by atoms with Crippen molar-refractivity contribution in [1.82, 2.24) is 5.32 Å². The van der Waals surface area contributed by atoms with E-state index in [0.717, 1.165) is 19.3 Å². The number of amides is 1. The minimum Gasteiger partial charge on any atom is -0.392 e. The standard InChI is InChI=1S/C16H26N2OS2/c1-4-7-16(8-5-2,14(17)20)15(19)18-12(3)10-13-6-9-21-11-13/h6,9,11-12H,4-5,7-8,10H2,1-3H3,(H2,17,20)(H,18,19). The molecule has 1 aromatic rings. The molecule has 5 heteroatoms. The smallest absolute Gasteiger partial charge is 0.233 e. The van der Waals surface area contributed by atoms with Crippen LogP contribution in [0.3, 0.4) is 0 Å². The van der Waals surface area contributed by atoms with Crippen LogP contribution in [0.5, 0.6) is 0 Å². The number of hydrogen-bond donors (Lipinski definition) is 2. The summed E-state index contributed by atoms with van der Waals surface area (Å²) in [5.41, 5.74) is 6.49. The summed E-state index contributed by atoms with van der Waals surface area (Å²) in [5.74, 6) is -0.0126. The second-order valence-electron chi connectivity index (χ2n) is 5.66. The van der Waals surface area contributed by atoms with Crippen LogP contribution in [0, 0.1) is 5.41 Å². The maximum absolute atomic E-state index is 12.7. The third-order valence-electron chi connectivity index (χ3n) is 3.76. The van der Waals surface area contributed by atoms with Crippen molar-refractivity contribution in [2.24, 2.45) is 11.1 Å². The Labute approximate surface area is 137 Å². The minimum atomic E-state index is -0.693. The van der Waals surface area contributed by atoms with Gasteiger partial charge in [0.2, 0.25) is 5.91 Å². The maximum Gasteiger partial charge on any atom is 0.233 e. The summed E-state index contributed by atoms with van der Waals surface area (Å²) in [7, 11) is 0. The van der Waals surface area contributed by atoms with Crippen molar-refractivity contribution in [3.8, 4) is 0 Å². The second kappa shape index (κ2) is 8.49. The first-order valence-electron chi connectivity index (χ1n) is 7.58. The Kier molecular flexibility index (Phi) is 7.32. The Bertz CT molecular complexity index is 451. The van der Waals surface area contributed by atoms with Gasteiger partial charge in [0, 0.05) is 6.04 Å². The van der Waals surface area contributed by atoms with Gasteiger partial charge in [0.1, 0.15) is 0 Å². The quantitative estimate of drug-likeness (QED) is 0.681. The first kappa shape index (κ1) is 18.1. The predicted molar refractivity (Wildman–Crippen MR) is 94.7 cm³/mol. The molecule has 3 N–H and O–H groups in total. The number of hydrogen-bond acceptors (Lipinski definition) is 3. The van der Waals surface area contributed by atoms with E-state index in [0.29, 0.717) is 17.8 Å². The van der Waals surface area contributed by atoms with Crippen LogP contribution in [0.15, 0.2) is 16.8 Å². The largest absolute Gasteiger partial charge is 0.392 e. The molecule has 1 heterocycles. The lowest BCUT2D eigenvalue weighted by Gasteiger charge is -2.32. The first-order valence-corrected chi connectivity index (χ1v) is 8.93. The molecule has 1 unspecified atom stereocenters. The van der Waals surface area contributed by atoms with E-state index in [1.54, 1.807) is 11.3 Å². The van der Waals surface area contributed by atoms with E-state index in [2.05, 4.69) is 36.0 Å². The molecule has 0 aliphatic carbocycles. The Morgan fingerprint density at radius 3 is 2.48 bits per heavy atom. The number of nitrogens with one attached hydrogen (secondary N) is 1. The van der Waals surface area contributed by atoms with Crippen LogP contribution in [0.1, 0.15) is 52.0 Å². The SMILES string of the molecule is CCCC(CCC)(C(=O)NC(C)Cc1ccsc1)C(N)=S. The van der Waals surface area contributed by atoms with E-state index in [4.69, 9.17) is 18.0 Å². The molecule has 0 fully saturated rings. The zero-order chi connectivity index (χ0) is 15.9. The van der Waals surface area contributed by atoms with E-state index in [9.17, 15) is 4.79 Å². The van der Waals surface area contributed by atoms with Crippen molar-refractivity contribution >= 4 is 34.5 Å². The number of carbonyl (C=O) groups is 1. The van der Waals surface area contributed by atoms with Crippen molar-refractivity contribution < 1.29 is 4.79 Å². The molecule has 0 saturated heterocycles. The summed E-state index contributed by atoms with van der Waals surface area (Å²) >= 11 is 6.90. The molecule has 0 saturated carbocycles. The minimum absolute atomic E-state index is 0.0126. The van der Waals surface area contributed by atoms with Gasteiger partial charge in [-0.2, -0.15) is 11.3 Å². The lowest BCUT2D eigenvalue weighted by Crippen LogP contribution is -2.51. The third kappa shape index (κ3) is 4.78. The van der Waals surface area contributed by atoms with Crippen LogP contribution in [-0.2, 0) is 11.2 Å². The average Bonchev–Trinajstić information content (AvgIpc) is 2.90. The van der Waals surface area contributed by atoms with Gasteiger partial charge in [0.05, 0.1) is 10.4 Å². The fourth-order valence-electron chi connectivity index (χ4n) is 2.74. The summed E-state index contributed by atoms with van der Waals surface area (Å²) in [4.78, 5) is 13.1. The Morgan fingerprint density at radius 2 is 2.05 bits per heavy atom. The van der Waals surface area contributed by atoms with Gasteiger partial charge in [-0.25, -0.2) is 0 Å². The summed E-state index contributed by atoms with van der Waals surface area (Å²) in [6, 6.07) is 2.17. The Balaban J connectivity index is 2.77. The Morgan fingerprint density at radius 1 is 1.43 bits per heavy atom. The second-order valence-corrected chi connectivity index (χ2v) is 6.88. The predicted octanol–water partition coefficient (Wildman–Crippen LogP) is 3.67. The van der Waals surface area contributed by atoms with Gasteiger partial charge in [-0.15, -0.1) is 0 Å². The van der Waals surface area contributed by atoms with E-state index < -0.39 is 5.41 Å². The Hall–Kier alpha value is -0.940. The van der Waals surface area contributed by atoms with Gasteiger partial charge in [-0.1, -0.05) is 38.9 Å². The van der Waals surface area contributed by atoms with Gasteiger partial charge in [-0.05, 0) is 48.6 Å². The molecular formula is C16H26N2OS2. The number of rotatable bonds is 9. The number of thiophene rings is 1. The van der Waals surface area contributed by atoms with Gasteiger partial charge >= 0.3 is 0 Å². The van der Waals surface area contributed by atoms with E-state index in [1.807, 2.05) is 6.92 Å². The summed E-state index contributed by atoms with van der Waals surface area (Å²) < 4.78 is 0. The molecule has 3 nitrogen and oxygen atoms in total. The summed E-state index contributed by atoms with van der Waals surface area (Å²) in [5, 5.41) is 7.27.